The molecule has 0 aliphatic rings. The van der Waals surface area contributed by atoms with Crippen molar-refractivity contribution in [1.82, 2.24) is 10.6 Å². The van der Waals surface area contributed by atoms with Crippen LogP contribution in [-0.4, -0.2) is 37.3 Å². The van der Waals surface area contributed by atoms with Gasteiger partial charge in [-0.2, -0.15) is 0 Å². The Kier molecular flexibility index (Phi) is 6.37. The number of carbonyl (C=O) groups is 1. The van der Waals surface area contributed by atoms with Crippen molar-refractivity contribution in [3.63, 3.8) is 0 Å². The number of amides is 1. The van der Waals surface area contributed by atoms with Crippen LogP contribution in [0.15, 0.2) is 0 Å². The number of hydrogen-bond acceptors (Lipinski definition) is 3. The predicted octanol–water partition coefficient (Wildman–Crippen LogP) is 2.15. The molecule has 0 radical (unpaired) electrons. The predicted molar refractivity (Wildman–Crippen MR) is 62.3 cm³/mol. The van der Waals surface area contributed by atoms with Crippen molar-refractivity contribution < 1.29 is 18.3 Å². The molecule has 0 aliphatic heterocycles. The molecule has 6 heteroatoms. The van der Waals surface area contributed by atoms with E-state index in [0.717, 1.165) is 6.42 Å². The largest absolute Gasteiger partial charge is 0.444 e. The van der Waals surface area contributed by atoms with E-state index in [1.165, 1.54) is 0 Å². The number of halogens is 2. The number of hydrogen-bond donors (Lipinski definition) is 2. The Bertz CT molecular complexity index is 240. The third kappa shape index (κ3) is 9.99. The van der Waals surface area contributed by atoms with Gasteiger partial charge in [-0.1, -0.05) is 6.92 Å². The molecular weight excluding hydrogens is 230 g/mol. The van der Waals surface area contributed by atoms with Crippen LogP contribution in [-0.2, 0) is 4.74 Å². The first-order chi connectivity index (χ1) is 7.66. The Hall–Kier alpha value is -0.910. The van der Waals surface area contributed by atoms with Crippen molar-refractivity contribution in [1.29, 1.82) is 0 Å². The number of ether oxygens (including phenoxy) is 1. The molecule has 0 fully saturated rings. The van der Waals surface area contributed by atoms with Gasteiger partial charge in [0.15, 0.2) is 0 Å². The van der Waals surface area contributed by atoms with E-state index in [2.05, 4.69) is 10.6 Å². The molecule has 0 atom stereocenters. The lowest BCUT2D eigenvalue weighted by atomic mass is 10.2. The van der Waals surface area contributed by atoms with Crippen LogP contribution in [0.2, 0.25) is 0 Å². The van der Waals surface area contributed by atoms with E-state index in [9.17, 15) is 13.6 Å². The second-order valence-corrected chi connectivity index (χ2v) is 4.89. The maximum absolute atomic E-state index is 13.2. The smallest absolute Gasteiger partial charge is 0.407 e. The van der Waals surface area contributed by atoms with E-state index in [1.807, 2.05) is 6.92 Å². The Balaban J connectivity index is 3.88. The minimum Gasteiger partial charge on any atom is -0.444 e. The first-order valence-corrected chi connectivity index (χ1v) is 5.72. The lowest BCUT2D eigenvalue weighted by Gasteiger charge is -2.22. The molecule has 1 amide bonds. The first kappa shape index (κ1) is 16.1. The number of alkyl carbamates (subject to hydrolysis) is 1. The minimum absolute atomic E-state index is 0.448. The van der Waals surface area contributed by atoms with Crippen molar-refractivity contribution in [3.05, 3.63) is 0 Å². The molecule has 0 rings (SSSR count). The summed E-state index contributed by atoms with van der Waals surface area (Å²) >= 11 is 0. The third-order valence-electron chi connectivity index (χ3n) is 1.70. The van der Waals surface area contributed by atoms with Gasteiger partial charge in [-0.05, 0) is 33.7 Å². The average molecular weight is 252 g/mol. The standard InChI is InChI=1S/C11H22F2N2O2/c1-5-6-14-7-11(12,13)8-15-9(16)17-10(2,3)4/h14H,5-8H2,1-4H3,(H,15,16). The van der Waals surface area contributed by atoms with Crippen molar-refractivity contribution in [2.75, 3.05) is 19.6 Å². The second-order valence-electron chi connectivity index (χ2n) is 4.89. The van der Waals surface area contributed by atoms with E-state index in [4.69, 9.17) is 4.74 Å². The molecule has 0 aliphatic carbocycles. The highest BCUT2D eigenvalue weighted by Gasteiger charge is 2.29. The Morgan fingerprint density at radius 3 is 2.29 bits per heavy atom. The number of nitrogens with one attached hydrogen (secondary N) is 2. The van der Waals surface area contributed by atoms with Crippen molar-refractivity contribution in [2.45, 2.75) is 45.6 Å². The Morgan fingerprint density at radius 1 is 1.24 bits per heavy atom. The maximum Gasteiger partial charge on any atom is 0.407 e. The topological polar surface area (TPSA) is 50.4 Å². The van der Waals surface area contributed by atoms with Crippen molar-refractivity contribution in [3.8, 4) is 0 Å². The fraction of sp³-hybridized carbons (Fsp3) is 0.909. The van der Waals surface area contributed by atoms with Crippen LogP contribution < -0.4 is 10.6 Å². The summed E-state index contributed by atoms with van der Waals surface area (Å²) < 4.78 is 31.3. The van der Waals surface area contributed by atoms with Gasteiger partial charge in [0.2, 0.25) is 0 Å². The molecule has 0 spiro atoms. The molecule has 0 unspecified atom stereocenters. The van der Waals surface area contributed by atoms with Crippen LogP contribution in [0.3, 0.4) is 0 Å². The fourth-order valence-corrected chi connectivity index (χ4v) is 1.03. The lowest BCUT2D eigenvalue weighted by molar-refractivity contribution is -0.00334. The van der Waals surface area contributed by atoms with E-state index < -0.39 is 30.7 Å². The van der Waals surface area contributed by atoms with E-state index in [0.29, 0.717) is 6.54 Å². The zero-order valence-electron chi connectivity index (χ0n) is 10.9. The molecule has 0 heterocycles. The summed E-state index contributed by atoms with van der Waals surface area (Å²) in [6.07, 6.45) is -0.0390. The van der Waals surface area contributed by atoms with Crippen LogP contribution in [0.4, 0.5) is 13.6 Å². The van der Waals surface area contributed by atoms with Gasteiger partial charge < -0.3 is 15.4 Å². The van der Waals surface area contributed by atoms with Gasteiger partial charge in [-0.25, -0.2) is 13.6 Å². The van der Waals surface area contributed by atoms with Gasteiger partial charge in [-0.15, -0.1) is 0 Å². The molecule has 0 saturated heterocycles. The molecule has 0 bridgehead atoms. The highest BCUT2D eigenvalue weighted by atomic mass is 19.3. The molecule has 102 valence electrons. The van der Waals surface area contributed by atoms with E-state index >= 15 is 0 Å². The van der Waals surface area contributed by atoms with Gasteiger partial charge in [0.1, 0.15) is 5.60 Å². The molecule has 0 aromatic heterocycles. The summed E-state index contributed by atoms with van der Waals surface area (Å²) in [6.45, 7) is 6.27. The van der Waals surface area contributed by atoms with Crippen LogP contribution in [0.1, 0.15) is 34.1 Å². The van der Waals surface area contributed by atoms with E-state index in [-0.39, 0.29) is 0 Å². The summed E-state index contributed by atoms with van der Waals surface area (Å²) in [4.78, 5) is 11.1. The highest BCUT2D eigenvalue weighted by molar-refractivity contribution is 5.67. The SMILES string of the molecule is CCCNCC(F)(F)CNC(=O)OC(C)(C)C. The summed E-state index contributed by atoms with van der Waals surface area (Å²) in [6, 6.07) is 0. The summed E-state index contributed by atoms with van der Waals surface area (Å²) in [5.41, 5.74) is -0.681. The quantitative estimate of drug-likeness (QED) is 0.712. The third-order valence-corrected chi connectivity index (χ3v) is 1.70. The van der Waals surface area contributed by atoms with Gasteiger partial charge in [0.25, 0.3) is 5.92 Å². The van der Waals surface area contributed by atoms with Crippen molar-refractivity contribution >= 4 is 6.09 Å². The van der Waals surface area contributed by atoms with Crippen molar-refractivity contribution in [2.24, 2.45) is 0 Å². The first-order valence-electron chi connectivity index (χ1n) is 5.72. The molecule has 4 nitrogen and oxygen atoms in total. The summed E-state index contributed by atoms with van der Waals surface area (Å²) in [5.74, 6) is -2.97. The molecule has 0 aromatic rings. The van der Waals surface area contributed by atoms with Crippen LogP contribution in [0, 0.1) is 0 Å². The van der Waals surface area contributed by atoms with Crippen LogP contribution >= 0.6 is 0 Å². The monoisotopic (exact) mass is 252 g/mol. The zero-order valence-corrected chi connectivity index (χ0v) is 10.9. The molecule has 0 aromatic carbocycles. The highest BCUT2D eigenvalue weighted by Crippen LogP contribution is 2.11. The number of carbonyl (C=O) groups excluding carboxylic acids is 1. The summed E-state index contributed by atoms with van der Waals surface area (Å²) in [7, 11) is 0. The number of alkyl halides is 2. The van der Waals surface area contributed by atoms with Crippen LogP contribution in [0.5, 0.6) is 0 Å². The average Bonchev–Trinajstić information content (AvgIpc) is 2.13. The Morgan fingerprint density at radius 2 is 1.82 bits per heavy atom. The fourth-order valence-electron chi connectivity index (χ4n) is 1.03. The molecule has 2 N–H and O–H groups in total. The molecule has 0 saturated carbocycles. The molecule has 17 heavy (non-hydrogen) atoms. The minimum atomic E-state index is -2.97. The zero-order chi connectivity index (χ0) is 13.5. The number of rotatable bonds is 6. The lowest BCUT2D eigenvalue weighted by Crippen LogP contribution is -2.44. The summed E-state index contributed by atoms with van der Waals surface area (Å²) in [5, 5.41) is 4.66. The van der Waals surface area contributed by atoms with Gasteiger partial charge in [-0.3, -0.25) is 0 Å². The molecular formula is C11H22F2N2O2. The maximum atomic E-state index is 13.2. The van der Waals surface area contributed by atoms with E-state index in [1.54, 1.807) is 20.8 Å². The van der Waals surface area contributed by atoms with Gasteiger partial charge >= 0.3 is 6.09 Å². The van der Waals surface area contributed by atoms with Crippen LogP contribution in [0.25, 0.3) is 0 Å². The van der Waals surface area contributed by atoms with Gasteiger partial charge in [0, 0.05) is 0 Å². The normalized spacial score (nSPS) is 12.4. The van der Waals surface area contributed by atoms with Gasteiger partial charge in [0.05, 0.1) is 13.1 Å². The Labute approximate surface area is 101 Å². The second kappa shape index (κ2) is 6.74.